The van der Waals surface area contributed by atoms with E-state index in [1.165, 1.54) is 19.3 Å². The van der Waals surface area contributed by atoms with Crippen LogP contribution in [0.5, 0.6) is 5.75 Å². The number of amides is 2. The maximum atomic E-state index is 13.5. The van der Waals surface area contributed by atoms with Gasteiger partial charge in [-0.25, -0.2) is 4.79 Å². The van der Waals surface area contributed by atoms with Gasteiger partial charge in [-0.3, -0.25) is 14.4 Å². The second-order valence-electron chi connectivity index (χ2n) is 13.2. The molecule has 0 bridgehead atoms. The molecule has 0 aliphatic carbocycles. The average Bonchev–Trinajstić information content (AvgIpc) is 3.04. The van der Waals surface area contributed by atoms with E-state index in [0.29, 0.717) is 21.9 Å². The van der Waals surface area contributed by atoms with Crippen LogP contribution >= 0.6 is 11.6 Å². The van der Waals surface area contributed by atoms with Crippen LogP contribution in [0.3, 0.4) is 0 Å². The smallest absolute Gasteiger partial charge is 0.347 e. The number of aliphatic hydroxyl groups is 2. The van der Waals surface area contributed by atoms with Crippen LogP contribution < -0.4 is 15.4 Å². The van der Waals surface area contributed by atoms with Crippen molar-refractivity contribution in [2.75, 3.05) is 13.7 Å². The van der Waals surface area contributed by atoms with Gasteiger partial charge >= 0.3 is 11.9 Å². The number of benzene rings is 2. The fourth-order valence-corrected chi connectivity index (χ4v) is 5.45. The zero-order valence-electron chi connectivity index (χ0n) is 28.3. The Labute approximate surface area is 287 Å². The third-order valence-electron chi connectivity index (χ3n) is 8.24. The molecule has 6 atom stereocenters. The molecule has 0 saturated heterocycles. The van der Waals surface area contributed by atoms with Gasteiger partial charge in [-0.15, -0.1) is 0 Å². The van der Waals surface area contributed by atoms with Gasteiger partial charge in [0.2, 0.25) is 11.8 Å². The van der Waals surface area contributed by atoms with E-state index in [1.54, 1.807) is 69.3 Å². The Kier molecular flexibility index (Phi) is 14.0. The number of cyclic esters (lactones) is 2. The summed E-state index contributed by atoms with van der Waals surface area (Å²) in [4.78, 5) is 53.5. The summed E-state index contributed by atoms with van der Waals surface area (Å²) in [5, 5.41) is 27.9. The number of rotatable bonds is 9. The van der Waals surface area contributed by atoms with Crippen molar-refractivity contribution >= 4 is 35.4 Å². The maximum Gasteiger partial charge on any atom is 0.347 e. The Balaban J connectivity index is 1.96. The van der Waals surface area contributed by atoms with Crippen molar-refractivity contribution in [2.24, 2.45) is 17.3 Å². The minimum absolute atomic E-state index is 0.0301. The van der Waals surface area contributed by atoms with E-state index in [-0.39, 0.29) is 31.7 Å². The molecule has 0 spiro atoms. The highest BCUT2D eigenvalue weighted by atomic mass is 35.5. The zero-order valence-corrected chi connectivity index (χ0v) is 29.0. The molecule has 0 saturated carbocycles. The van der Waals surface area contributed by atoms with Crippen molar-refractivity contribution in [1.29, 1.82) is 0 Å². The van der Waals surface area contributed by atoms with Crippen molar-refractivity contribution in [1.82, 2.24) is 10.6 Å². The van der Waals surface area contributed by atoms with Crippen LogP contribution in [-0.4, -0.2) is 72.0 Å². The van der Waals surface area contributed by atoms with E-state index in [2.05, 4.69) is 10.6 Å². The topological polar surface area (TPSA) is 160 Å². The molecule has 1 unspecified atom stereocenters. The van der Waals surface area contributed by atoms with Gasteiger partial charge in [-0.05, 0) is 55.5 Å². The number of methoxy groups -OCH3 is 1. The number of hydrogen-bond acceptors (Lipinski definition) is 9. The lowest BCUT2D eigenvalue weighted by molar-refractivity contribution is -0.181. The van der Waals surface area contributed by atoms with Crippen LogP contribution in [0.15, 0.2) is 60.7 Å². The summed E-state index contributed by atoms with van der Waals surface area (Å²) in [6.07, 6.45) is -2.05. The number of esters is 2. The molecule has 1 heterocycles. The molecule has 262 valence electrons. The molecule has 2 aromatic carbocycles. The lowest BCUT2D eigenvalue weighted by Gasteiger charge is -2.32. The highest BCUT2D eigenvalue weighted by Crippen LogP contribution is 2.29. The summed E-state index contributed by atoms with van der Waals surface area (Å²) in [7, 11) is 1.49. The molecular formula is C36H47ClN2O9. The van der Waals surface area contributed by atoms with Gasteiger partial charge in [0.25, 0.3) is 0 Å². The standard InChI is InChI=1S/C36H47ClN2O9/c1-21(2)17-29-34(44)47-27(22(3)31(41)32(42)24-11-8-7-9-12-24)13-10-14-30(40)39-26(19-23-15-16-28(46-6)25(37)18-23)33(43)38-20-36(4,5)35(45)48-29/h7-12,14-16,18,21-22,26-27,29,31-32,41-42H,13,17,19-20H2,1-6H3,(H,38,43)(H,39,40)/b14-10+/t22-,26?,27-,29-,31-,32-/m0/s1. The second-order valence-corrected chi connectivity index (χ2v) is 13.6. The third kappa shape index (κ3) is 10.8. The Morgan fingerprint density at radius 2 is 1.71 bits per heavy atom. The largest absolute Gasteiger partial charge is 0.495 e. The quantitative estimate of drug-likeness (QED) is 0.285. The first kappa shape index (κ1) is 38.5. The summed E-state index contributed by atoms with van der Waals surface area (Å²) in [6, 6.07) is 12.6. The Morgan fingerprint density at radius 1 is 1.02 bits per heavy atom. The first-order valence-corrected chi connectivity index (χ1v) is 16.4. The molecule has 0 fully saturated rings. The molecule has 3 rings (SSSR count). The minimum Gasteiger partial charge on any atom is -0.495 e. The predicted octanol–water partition coefficient (Wildman–Crippen LogP) is 4.08. The van der Waals surface area contributed by atoms with Gasteiger partial charge in [-0.1, -0.05) is 74.8 Å². The minimum atomic E-state index is -1.35. The van der Waals surface area contributed by atoms with E-state index >= 15 is 0 Å². The highest BCUT2D eigenvalue weighted by molar-refractivity contribution is 6.32. The fraction of sp³-hybridized carbons (Fsp3) is 0.500. The summed E-state index contributed by atoms with van der Waals surface area (Å²) < 4.78 is 16.8. The lowest BCUT2D eigenvalue weighted by atomic mass is 9.89. The van der Waals surface area contributed by atoms with Crippen LogP contribution in [0.2, 0.25) is 5.02 Å². The molecule has 12 heteroatoms. The normalized spacial score (nSPS) is 23.6. The van der Waals surface area contributed by atoms with Gasteiger partial charge in [0.05, 0.1) is 23.7 Å². The van der Waals surface area contributed by atoms with Gasteiger partial charge in [0.1, 0.15) is 24.0 Å². The summed E-state index contributed by atoms with van der Waals surface area (Å²) in [5.74, 6) is -3.11. The van der Waals surface area contributed by atoms with Gasteiger partial charge in [0.15, 0.2) is 6.10 Å². The maximum absolute atomic E-state index is 13.5. The van der Waals surface area contributed by atoms with Crippen LogP contribution in [-0.2, 0) is 35.1 Å². The number of carbonyl (C=O) groups is 4. The molecule has 0 radical (unpaired) electrons. The van der Waals surface area contributed by atoms with E-state index in [9.17, 15) is 29.4 Å². The van der Waals surface area contributed by atoms with Crippen molar-refractivity contribution in [3.63, 3.8) is 0 Å². The van der Waals surface area contributed by atoms with Gasteiger partial charge in [0, 0.05) is 25.3 Å². The van der Waals surface area contributed by atoms with E-state index in [1.807, 2.05) is 13.8 Å². The predicted molar refractivity (Wildman–Crippen MR) is 180 cm³/mol. The SMILES string of the molecule is COc1ccc(CC2NC(=O)/C=C/C[C@@H]([C@H](C)[C@H](O)[C@@H](O)c3ccccc3)OC(=O)[C@H](CC(C)C)OC(=O)C(C)(C)CNC2=O)cc1Cl. The molecule has 48 heavy (non-hydrogen) atoms. The molecule has 1 aliphatic heterocycles. The van der Waals surface area contributed by atoms with Crippen molar-refractivity contribution in [3.05, 3.63) is 76.8 Å². The molecule has 2 aromatic rings. The molecule has 0 aromatic heterocycles. The zero-order chi connectivity index (χ0) is 35.6. The summed E-state index contributed by atoms with van der Waals surface area (Å²) in [6.45, 7) is 8.34. The van der Waals surface area contributed by atoms with Gasteiger partial charge < -0.3 is 35.1 Å². The first-order valence-electron chi connectivity index (χ1n) is 16.0. The molecule has 2 amide bonds. The van der Waals surface area contributed by atoms with Crippen molar-refractivity contribution in [2.45, 2.75) is 84.3 Å². The monoisotopic (exact) mass is 686 g/mol. The van der Waals surface area contributed by atoms with Crippen molar-refractivity contribution in [3.8, 4) is 5.75 Å². The number of nitrogens with one attached hydrogen (secondary N) is 2. The molecule has 4 N–H and O–H groups in total. The number of hydrogen-bond donors (Lipinski definition) is 4. The average molecular weight is 687 g/mol. The molecule has 1 aliphatic rings. The Hall–Kier alpha value is -3.93. The van der Waals surface area contributed by atoms with Crippen LogP contribution in [0.1, 0.15) is 64.7 Å². The number of aliphatic hydroxyl groups excluding tert-OH is 2. The summed E-state index contributed by atoms with van der Waals surface area (Å²) >= 11 is 6.30. The lowest BCUT2D eigenvalue weighted by Crippen LogP contribution is -2.51. The van der Waals surface area contributed by atoms with Crippen molar-refractivity contribution < 1.29 is 43.6 Å². The number of halogens is 1. The molecule has 11 nitrogen and oxygen atoms in total. The highest BCUT2D eigenvalue weighted by Gasteiger charge is 2.38. The third-order valence-corrected chi connectivity index (χ3v) is 8.53. The number of ether oxygens (including phenoxy) is 3. The molecular weight excluding hydrogens is 640 g/mol. The van der Waals surface area contributed by atoms with Crippen LogP contribution in [0.4, 0.5) is 0 Å². The number of carbonyl (C=O) groups excluding carboxylic acids is 4. The van der Waals surface area contributed by atoms with Crippen LogP contribution in [0, 0.1) is 17.3 Å². The Morgan fingerprint density at radius 3 is 2.33 bits per heavy atom. The second kappa shape index (κ2) is 17.5. The fourth-order valence-electron chi connectivity index (χ4n) is 5.17. The first-order chi connectivity index (χ1) is 22.6. The van der Waals surface area contributed by atoms with E-state index < -0.39 is 65.5 Å². The van der Waals surface area contributed by atoms with E-state index in [4.69, 9.17) is 25.8 Å². The summed E-state index contributed by atoms with van der Waals surface area (Å²) in [5.41, 5.74) is -0.132. The van der Waals surface area contributed by atoms with E-state index in [0.717, 1.165) is 0 Å². The van der Waals surface area contributed by atoms with Gasteiger partial charge in [-0.2, -0.15) is 0 Å². The Bertz CT molecular complexity index is 1450. The van der Waals surface area contributed by atoms with Crippen LogP contribution in [0.25, 0.3) is 0 Å².